The highest BCUT2D eigenvalue weighted by Gasteiger charge is 2.45. The Labute approximate surface area is 366 Å². The van der Waals surface area contributed by atoms with Gasteiger partial charge in [-0.3, -0.25) is 43.9 Å². The Morgan fingerprint density at radius 3 is 2.45 bits per heavy atom. The molecule has 17 heteroatoms. The average Bonchev–Trinajstić information content (AvgIpc) is 3.91. The third-order valence-corrected chi connectivity index (χ3v) is 12.5. The molecule has 5 aromatic rings. The van der Waals surface area contributed by atoms with E-state index in [9.17, 15) is 37.5 Å². The molecular formula is C47H44F2N8O7. The number of hydrogen-bond acceptors (Lipinski definition) is 10. The van der Waals surface area contributed by atoms with Crippen LogP contribution in [0, 0.1) is 37.3 Å². The number of imide groups is 2. The van der Waals surface area contributed by atoms with Crippen LogP contribution in [0.4, 0.5) is 14.5 Å². The molecule has 6 amide bonds. The number of imidazole rings is 1. The Kier molecular flexibility index (Phi) is 11.4. The van der Waals surface area contributed by atoms with Gasteiger partial charge < -0.3 is 19.3 Å². The van der Waals surface area contributed by atoms with Crippen LogP contribution in [0.3, 0.4) is 0 Å². The van der Waals surface area contributed by atoms with Crippen LogP contribution in [0.5, 0.6) is 0 Å². The van der Waals surface area contributed by atoms with Gasteiger partial charge in [-0.25, -0.2) is 13.8 Å². The molecule has 2 N–H and O–H groups in total. The number of benzene rings is 3. The third kappa shape index (κ3) is 7.82. The van der Waals surface area contributed by atoms with E-state index < -0.39 is 47.3 Å². The van der Waals surface area contributed by atoms with Crippen molar-refractivity contribution in [2.24, 2.45) is 0 Å². The lowest BCUT2D eigenvalue weighted by atomic mass is 9.98. The summed E-state index contributed by atoms with van der Waals surface area (Å²) in [6, 6.07) is 12.6. The van der Waals surface area contributed by atoms with Gasteiger partial charge in [0.15, 0.2) is 11.6 Å². The summed E-state index contributed by atoms with van der Waals surface area (Å²) in [6.45, 7) is 5.36. The van der Waals surface area contributed by atoms with E-state index in [4.69, 9.17) is 9.51 Å². The molecule has 3 fully saturated rings. The lowest BCUT2D eigenvalue weighted by Crippen LogP contribution is -2.54. The van der Waals surface area contributed by atoms with Crippen LogP contribution in [0.15, 0.2) is 59.1 Å². The summed E-state index contributed by atoms with van der Waals surface area (Å²) >= 11 is 0. The highest BCUT2D eigenvalue weighted by atomic mass is 19.2. The van der Waals surface area contributed by atoms with Gasteiger partial charge in [0.25, 0.3) is 11.8 Å². The van der Waals surface area contributed by atoms with Crippen molar-refractivity contribution < 1.29 is 42.1 Å². The molecule has 4 aliphatic rings. The second-order valence-electron chi connectivity index (χ2n) is 16.6. The first-order valence-corrected chi connectivity index (χ1v) is 21.4. The number of amides is 6. The number of carbonyl (C=O) groups is 6. The fourth-order valence-corrected chi connectivity index (χ4v) is 9.50. The molecule has 0 radical (unpaired) electrons. The lowest BCUT2D eigenvalue weighted by Gasteiger charge is -2.38. The van der Waals surface area contributed by atoms with Crippen LogP contribution < -0.4 is 15.5 Å². The molecule has 2 atom stereocenters. The molecule has 0 bridgehead atoms. The number of likely N-dealkylation sites (tertiary alicyclic amines) is 1. The van der Waals surface area contributed by atoms with E-state index in [0.29, 0.717) is 61.4 Å². The van der Waals surface area contributed by atoms with Crippen LogP contribution in [-0.2, 0) is 19.2 Å². The predicted octanol–water partition coefficient (Wildman–Crippen LogP) is 5.44. The van der Waals surface area contributed by atoms with Gasteiger partial charge in [-0.15, -0.1) is 0 Å². The van der Waals surface area contributed by atoms with Crippen molar-refractivity contribution in [1.82, 2.24) is 35.1 Å². The molecule has 4 aliphatic heterocycles. The molecular weight excluding hydrogens is 827 g/mol. The number of aryl methyl sites for hydroxylation is 2. The van der Waals surface area contributed by atoms with Gasteiger partial charge in [-0.2, -0.15) is 0 Å². The first-order chi connectivity index (χ1) is 30.9. The number of hydrogen-bond donors (Lipinski definition) is 2. The average molecular weight is 871 g/mol. The third-order valence-electron chi connectivity index (χ3n) is 12.5. The van der Waals surface area contributed by atoms with Crippen molar-refractivity contribution in [3.63, 3.8) is 0 Å². The van der Waals surface area contributed by atoms with Gasteiger partial charge in [-0.1, -0.05) is 29.1 Å². The van der Waals surface area contributed by atoms with Crippen LogP contribution in [-0.4, -0.2) is 92.2 Å². The quantitative estimate of drug-likeness (QED) is 0.110. The summed E-state index contributed by atoms with van der Waals surface area (Å²) in [5.74, 6) is 2.48. The summed E-state index contributed by atoms with van der Waals surface area (Å²) in [7, 11) is 0. The van der Waals surface area contributed by atoms with Crippen LogP contribution in [0.25, 0.3) is 22.2 Å². The first-order valence-electron chi connectivity index (χ1n) is 21.4. The Bertz CT molecular complexity index is 2810. The maximum Gasteiger partial charge on any atom is 0.263 e. The number of fused-ring (bicyclic) bond motifs is 2. The highest BCUT2D eigenvalue weighted by Crippen LogP contribution is 2.41. The van der Waals surface area contributed by atoms with Crippen molar-refractivity contribution >= 4 is 52.2 Å². The monoisotopic (exact) mass is 870 g/mol. The smallest absolute Gasteiger partial charge is 0.263 e. The predicted molar refractivity (Wildman–Crippen MR) is 227 cm³/mol. The van der Waals surface area contributed by atoms with Crippen LogP contribution >= 0.6 is 0 Å². The molecule has 3 saturated heterocycles. The Hall–Kier alpha value is -7.06. The standard InChI is InChI=1S/C47H44F2N8O7/c1-26-42(27(2)64-53-26)29-12-15-36-35(23-29)51-44(37-10-6-11-41(60)55(37)31-13-14-33(48)34(49)24-31)56(36)30-18-21-54(22-19-30)25-40(59)50-20-4-3-7-28-8-5-9-32-43(28)47(63)57(46(32)62)38-16-17-39(58)52-45(38)61/h5,8-9,12-15,23-24,30,37-38H,4,6,10-11,16-22,25H2,1-2H3,(H,50,59)(H,52,58,61)/t37-,38?/m0/s1. The topological polar surface area (TPSA) is 180 Å². The van der Waals surface area contributed by atoms with Crippen LogP contribution in [0.1, 0.15) is 107 Å². The molecule has 0 saturated carbocycles. The summed E-state index contributed by atoms with van der Waals surface area (Å²) in [5, 5.41) is 9.23. The van der Waals surface area contributed by atoms with Gasteiger partial charge >= 0.3 is 0 Å². The Balaban J connectivity index is 0.869. The summed E-state index contributed by atoms with van der Waals surface area (Å²) < 4.78 is 36.3. The zero-order valence-corrected chi connectivity index (χ0v) is 35.2. The molecule has 9 rings (SSSR count). The normalized spacial score (nSPS) is 19.5. The van der Waals surface area contributed by atoms with Crippen molar-refractivity contribution in [3.8, 4) is 23.0 Å². The number of aromatic nitrogens is 3. The van der Waals surface area contributed by atoms with Gasteiger partial charge in [0, 0.05) is 67.8 Å². The van der Waals surface area contributed by atoms with Crippen LogP contribution in [0.2, 0.25) is 0 Å². The van der Waals surface area contributed by atoms with E-state index in [1.165, 1.54) is 12.1 Å². The van der Waals surface area contributed by atoms with Crippen molar-refractivity contribution in [3.05, 3.63) is 100 Å². The number of nitrogens with zero attached hydrogens (tertiary/aromatic N) is 6. The molecule has 3 aromatic carbocycles. The molecule has 0 aliphatic carbocycles. The van der Waals surface area contributed by atoms with Gasteiger partial charge in [0.1, 0.15) is 17.6 Å². The summed E-state index contributed by atoms with van der Waals surface area (Å²) in [6.07, 6.45) is 3.15. The second kappa shape index (κ2) is 17.2. The number of rotatable bonds is 9. The number of piperidine rings is 3. The Morgan fingerprint density at radius 1 is 0.891 bits per heavy atom. The molecule has 6 heterocycles. The first kappa shape index (κ1) is 42.3. The molecule has 15 nitrogen and oxygen atoms in total. The maximum absolute atomic E-state index is 14.6. The fourth-order valence-electron chi connectivity index (χ4n) is 9.50. The van der Waals surface area contributed by atoms with E-state index in [1.807, 2.05) is 32.0 Å². The zero-order chi connectivity index (χ0) is 44.8. The number of anilines is 1. The number of carbonyl (C=O) groups excluding carboxylic acids is 6. The lowest BCUT2D eigenvalue weighted by molar-refractivity contribution is -0.136. The van der Waals surface area contributed by atoms with Gasteiger partial charge in [0.2, 0.25) is 23.6 Å². The fraction of sp³-hybridized carbons (Fsp3) is 0.362. The number of halogens is 2. The molecule has 328 valence electrons. The van der Waals surface area contributed by atoms with Crippen molar-refractivity contribution in [2.45, 2.75) is 83.3 Å². The largest absolute Gasteiger partial charge is 0.361 e. The minimum absolute atomic E-state index is 0.0205. The minimum Gasteiger partial charge on any atom is -0.361 e. The van der Waals surface area contributed by atoms with Gasteiger partial charge in [-0.05, 0) is 87.9 Å². The SMILES string of the molecule is Cc1noc(C)c1-c1ccc2c(c1)nc([C@@H]1CCCC(=O)N1c1ccc(F)c(F)c1)n2C1CCN(CC(=O)NCCC#Cc2cccc3c2C(=O)N(C2CCC(=O)NC2=O)C3=O)CC1. The summed E-state index contributed by atoms with van der Waals surface area (Å²) in [4.78, 5) is 87.1. The Morgan fingerprint density at radius 2 is 1.70 bits per heavy atom. The second-order valence-corrected chi connectivity index (χ2v) is 16.6. The number of nitrogens with one attached hydrogen (secondary N) is 2. The van der Waals surface area contributed by atoms with E-state index in [2.05, 4.69) is 37.1 Å². The van der Waals surface area contributed by atoms with E-state index in [-0.39, 0.29) is 73.4 Å². The minimum atomic E-state index is -1.08. The molecule has 64 heavy (non-hydrogen) atoms. The van der Waals surface area contributed by atoms with E-state index in [0.717, 1.165) is 39.4 Å². The highest BCUT2D eigenvalue weighted by molar-refractivity contribution is 6.24. The van der Waals surface area contributed by atoms with E-state index >= 15 is 0 Å². The zero-order valence-electron chi connectivity index (χ0n) is 35.2. The molecule has 1 unspecified atom stereocenters. The maximum atomic E-state index is 14.6. The van der Waals surface area contributed by atoms with Crippen molar-refractivity contribution in [1.29, 1.82) is 0 Å². The molecule has 2 aromatic heterocycles. The summed E-state index contributed by atoms with van der Waals surface area (Å²) in [5.41, 5.74) is 4.95. The van der Waals surface area contributed by atoms with Gasteiger partial charge in [0.05, 0.1) is 40.4 Å². The molecule has 0 spiro atoms. The van der Waals surface area contributed by atoms with E-state index in [1.54, 1.807) is 17.0 Å². The van der Waals surface area contributed by atoms with Crippen molar-refractivity contribution in [2.75, 3.05) is 31.1 Å².